The molecule has 1 saturated heterocycles. The number of rotatable bonds is 6. The molecule has 0 spiro atoms. The van der Waals surface area contributed by atoms with Crippen LogP contribution in [-0.4, -0.2) is 28.8 Å². The number of carbonyl (C=O) groups excluding carboxylic acids is 1. The molecule has 1 fully saturated rings. The molecule has 3 rings (SSSR count). The van der Waals surface area contributed by atoms with Gasteiger partial charge in [0.2, 0.25) is 0 Å². The van der Waals surface area contributed by atoms with E-state index < -0.39 is 0 Å². The second-order valence-electron chi connectivity index (χ2n) is 7.39. The van der Waals surface area contributed by atoms with Gasteiger partial charge in [0, 0.05) is 17.8 Å². The van der Waals surface area contributed by atoms with Gasteiger partial charge in [-0.25, -0.2) is 0 Å². The summed E-state index contributed by atoms with van der Waals surface area (Å²) in [4.78, 5) is 12.7. The summed E-state index contributed by atoms with van der Waals surface area (Å²) >= 11 is 6.00. The summed E-state index contributed by atoms with van der Waals surface area (Å²) in [7, 11) is 0. The van der Waals surface area contributed by atoms with Gasteiger partial charge in [-0.2, -0.15) is 5.10 Å². The molecule has 1 aromatic carbocycles. The van der Waals surface area contributed by atoms with E-state index in [1.165, 1.54) is 0 Å². The van der Waals surface area contributed by atoms with Crippen LogP contribution in [0.1, 0.15) is 61.2 Å². The van der Waals surface area contributed by atoms with E-state index >= 15 is 0 Å². The highest BCUT2D eigenvalue weighted by Crippen LogP contribution is 2.23. The lowest BCUT2D eigenvalue weighted by atomic mass is 9.97. The molecule has 27 heavy (non-hydrogen) atoms. The van der Waals surface area contributed by atoms with Crippen molar-refractivity contribution in [3.63, 3.8) is 0 Å². The van der Waals surface area contributed by atoms with E-state index in [4.69, 9.17) is 11.6 Å². The molecule has 2 heterocycles. The van der Waals surface area contributed by atoms with Crippen molar-refractivity contribution in [2.75, 3.05) is 13.1 Å². The lowest BCUT2D eigenvalue weighted by Crippen LogP contribution is -2.32. The first-order valence-corrected chi connectivity index (χ1v) is 9.73. The van der Waals surface area contributed by atoms with Gasteiger partial charge in [-0.05, 0) is 55.5 Å². The van der Waals surface area contributed by atoms with Gasteiger partial charge >= 0.3 is 0 Å². The molecule has 5 nitrogen and oxygen atoms in total. The minimum atomic E-state index is -0.131. The average molecular weight is 411 g/mol. The second kappa shape index (κ2) is 10.1. The zero-order valence-electron chi connectivity index (χ0n) is 15.8. The number of piperidine rings is 1. The molecule has 0 saturated carbocycles. The third-order valence-corrected chi connectivity index (χ3v) is 5.02. The first-order chi connectivity index (χ1) is 12.5. The Hall–Kier alpha value is -1.56. The standard InChI is InChI=1S/C20H27ClN4O.ClH/c1-14(2)12-19(15-5-7-16(21)8-6-15)23-20(26)18-9-11-25(24-18)17-4-3-10-22-13-17;/h5-9,11,14,17,19,22H,3-4,10,12-13H2,1-2H3,(H,23,26);1H. The third kappa shape index (κ3) is 5.96. The predicted molar refractivity (Wildman–Crippen MR) is 112 cm³/mol. The van der Waals surface area contributed by atoms with Crippen LogP contribution >= 0.6 is 24.0 Å². The van der Waals surface area contributed by atoms with Crippen LogP contribution in [0.25, 0.3) is 0 Å². The molecule has 2 N–H and O–H groups in total. The average Bonchev–Trinajstić information content (AvgIpc) is 3.12. The quantitative estimate of drug-likeness (QED) is 0.741. The number of nitrogens with zero attached hydrogens (tertiary/aromatic N) is 2. The Balaban J connectivity index is 0.00000261. The van der Waals surface area contributed by atoms with E-state index in [-0.39, 0.29) is 24.4 Å². The van der Waals surface area contributed by atoms with Crippen molar-refractivity contribution in [2.45, 2.75) is 45.2 Å². The molecule has 148 valence electrons. The van der Waals surface area contributed by atoms with Gasteiger partial charge in [-0.3, -0.25) is 9.48 Å². The van der Waals surface area contributed by atoms with Gasteiger partial charge in [0.25, 0.3) is 5.91 Å². The largest absolute Gasteiger partial charge is 0.344 e. The summed E-state index contributed by atoms with van der Waals surface area (Å²) < 4.78 is 1.92. The van der Waals surface area contributed by atoms with E-state index in [0.717, 1.165) is 37.9 Å². The maximum absolute atomic E-state index is 12.7. The van der Waals surface area contributed by atoms with Gasteiger partial charge in [-0.1, -0.05) is 37.6 Å². The Morgan fingerprint density at radius 2 is 2.07 bits per heavy atom. The highest BCUT2D eigenvalue weighted by atomic mass is 35.5. The number of aromatic nitrogens is 2. The summed E-state index contributed by atoms with van der Waals surface area (Å²) in [6, 6.07) is 9.75. The van der Waals surface area contributed by atoms with Crippen LogP contribution in [0, 0.1) is 5.92 Å². The van der Waals surface area contributed by atoms with Crippen LogP contribution in [0.2, 0.25) is 5.02 Å². The zero-order valence-corrected chi connectivity index (χ0v) is 17.4. The van der Waals surface area contributed by atoms with E-state index in [1.54, 1.807) is 6.07 Å². The predicted octanol–water partition coefficient (Wildman–Crippen LogP) is 4.40. The van der Waals surface area contributed by atoms with Gasteiger partial charge in [0.1, 0.15) is 5.69 Å². The van der Waals surface area contributed by atoms with Crippen LogP contribution in [-0.2, 0) is 0 Å². The number of hydrogen-bond donors (Lipinski definition) is 2. The maximum Gasteiger partial charge on any atom is 0.272 e. The Morgan fingerprint density at radius 3 is 2.70 bits per heavy atom. The van der Waals surface area contributed by atoms with E-state index in [0.29, 0.717) is 22.7 Å². The fraction of sp³-hybridized carbons (Fsp3) is 0.500. The summed E-state index contributed by atoms with van der Waals surface area (Å²) in [6.07, 6.45) is 5.00. The van der Waals surface area contributed by atoms with Crippen molar-refractivity contribution >= 4 is 29.9 Å². The van der Waals surface area contributed by atoms with E-state index in [9.17, 15) is 4.79 Å². The molecular weight excluding hydrogens is 383 g/mol. The first kappa shape index (κ1) is 21.7. The second-order valence-corrected chi connectivity index (χ2v) is 7.82. The highest BCUT2D eigenvalue weighted by Gasteiger charge is 2.21. The monoisotopic (exact) mass is 410 g/mol. The normalized spacial score (nSPS) is 18.0. The number of halogens is 2. The van der Waals surface area contributed by atoms with Crippen molar-refractivity contribution in [1.82, 2.24) is 20.4 Å². The lowest BCUT2D eigenvalue weighted by Gasteiger charge is -2.23. The summed E-state index contributed by atoms with van der Waals surface area (Å²) in [6.45, 7) is 6.27. The van der Waals surface area contributed by atoms with Crippen molar-refractivity contribution in [1.29, 1.82) is 0 Å². The number of benzene rings is 1. The zero-order chi connectivity index (χ0) is 18.5. The molecule has 1 aromatic heterocycles. The number of carbonyl (C=O) groups is 1. The highest BCUT2D eigenvalue weighted by molar-refractivity contribution is 6.30. The van der Waals surface area contributed by atoms with Gasteiger partial charge in [0.05, 0.1) is 12.1 Å². The first-order valence-electron chi connectivity index (χ1n) is 9.35. The van der Waals surface area contributed by atoms with E-state index in [2.05, 4.69) is 29.6 Å². The van der Waals surface area contributed by atoms with Crippen molar-refractivity contribution in [2.24, 2.45) is 5.92 Å². The molecule has 2 unspecified atom stereocenters. The fourth-order valence-electron chi connectivity index (χ4n) is 3.40. The number of nitrogens with one attached hydrogen (secondary N) is 2. The minimum absolute atomic E-state index is 0. The van der Waals surface area contributed by atoms with Crippen LogP contribution in [0.15, 0.2) is 36.5 Å². The molecule has 2 aromatic rings. The molecule has 0 bridgehead atoms. The third-order valence-electron chi connectivity index (χ3n) is 4.77. The topological polar surface area (TPSA) is 59.0 Å². The maximum atomic E-state index is 12.7. The molecule has 1 aliphatic rings. The summed E-state index contributed by atoms with van der Waals surface area (Å²) in [5.41, 5.74) is 1.53. The molecular formula is C20H28Cl2N4O. The van der Waals surface area contributed by atoms with Crippen molar-refractivity contribution < 1.29 is 4.79 Å². The van der Waals surface area contributed by atoms with E-state index in [1.807, 2.05) is 35.1 Å². The van der Waals surface area contributed by atoms with Crippen LogP contribution in [0.3, 0.4) is 0 Å². The molecule has 0 aliphatic carbocycles. The molecule has 7 heteroatoms. The number of amides is 1. The van der Waals surface area contributed by atoms with Crippen LogP contribution < -0.4 is 10.6 Å². The molecule has 2 atom stereocenters. The van der Waals surface area contributed by atoms with Crippen molar-refractivity contribution in [3.8, 4) is 0 Å². The number of hydrogen-bond acceptors (Lipinski definition) is 3. The van der Waals surface area contributed by atoms with Crippen LogP contribution in [0.5, 0.6) is 0 Å². The van der Waals surface area contributed by atoms with Gasteiger partial charge in [-0.15, -0.1) is 12.4 Å². The smallest absolute Gasteiger partial charge is 0.272 e. The van der Waals surface area contributed by atoms with Gasteiger partial charge < -0.3 is 10.6 Å². The molecule has 0 radical (unpaired) electrons. The summed E-state index contributed by atoms with van der Waals surface area (Å²) in [5.74, 6) is 0.329. The Kier molecular flexibility index (Phi) is 8.14. The summed E-state index contributed by atoms with van der Waals surface area (Å²) in [5, 5.41) is 11.7. The molecule has 1 aliphatic heterocycles. The van der Waals surface area contributed by atoms with Crippen molar-refractivity contribution in [3.05, 3.63) is 52.8 Å². The van der Waals surface area contributed by atoms with Crippen LogP contribution in [0.4, 0.5) is 0 Å². The van der Waals surface area contributed by atoms with Gasteiger partial charge in [0.15, 0.2) is 0 Å². The Bertz CT molecular complexity index is 724. The lowest BCUT2D eigenvalue weighted by molar-refractivity contribution is 0.0925. The SMILES string of the molecule is CC(C)CC(NC(=O)c1ccn(C2CCCNC2)n1)c1ccc(Cl)cc1.Cl. The fourth-order valence-corrected chi connectivity index (χ4v) is 3.52. The Morgan fingerprint density at radius 1 is 1.33 bits per heavy atom. The Labute approximate surface area is 172 Å². The molecule has 1 amide bonds. The minimum Gasteiger partial charge on any atom is -0.344 e.